The molecule has 0 radical (unpaired) electrons. The minimum Gasteiger partial charge on any atom is -0.333 e. The Morgan fingerprint density at radius 3 is 2.87 bits per heavy atom. The van der Waals surface area contributed by atoms with E-state index in [1.54, 1.807) is 4.57 Å². The van der Waals surface area contributed by atoms with Gasteiger partial charge in [-0.05, 0) is 26.2 Å². The minimum absolute atomic E-state index is 0.0812. The maximum atomic E-state index is 12.0. The maximum absolute atomic E-state index is 12.0. The molecule has 1 aliphatic carbocycles. The first-order valence-electron chi connectivity index (χ1n) is 7.39. The van der Waals surface area contributed by atoms with Crippen molar-refractivity contribution in [2.45, 2.75) is 48.7 Å². The molecule has 2 aromatic heterocycles. The molecule has 23 heavy (non-hydrogen) atoms. The molecule has 0 saturated heterocycles. The average molecular weight is 354 g/mol. The van der Waals surface area contributed by atoms with Crippen LogP contribution < -0.4 is 5.56 Å². The van der Waals surface area contributed by atoms with E-state index in [2.05, 4.69) is 15.0 Å². The summed E-state index contributed by atoms with van der Waals surface area (Å²) >= 11 is 1.33. The number of aryl methyl sites for hydroxylation is 2. The van der Waals surface area contributed by atoms with Crippen LogP contribution in [-0.4, -0.2) is 34.2 Å². The summed E-state index contributed by atoms with van der Waals surface area (Å²) in [6.45, 7) is 2.56. The molecule has 0 saturated carbocycles. The van der Waals surface area contributed by atoms with E-state index < -0.39 is 9.84 Å². The van der Waals surface area contributed by atoms with Gasteiger partial charge in [-0.25, -0.2) is 18.4 Å². The number of imidazole rings is 1. The van der Waals surface area contributed by atoms with E-state index in [-0.39, 0.29) is 10.6 Å². The molecule has 124 valence electrons. The van der Waals surface area contributed by atoms with Gasteiger partial charge in [0.25, 0.3) is 5.56 Å². The Morgan fingerprint density at radius 1 is 1.39 bits per heavy atom. The van der Waals surface area contributed by atoms with Gasteiger partial charge < -0.3 is 9.55 Å². The van der Waals surface area contributed by atoms with Crippen molar-refractivity contribution in [3.05, 3.63) is 33.6 Å². The highest BCUT2D eigenvalue weighted by Gasteiger charge is 2.21. The number of hydrogen-bond acceptors (Lipinski definition) is 6. The van der Waals surface area contributed by atoms with Gasteiger partial charge in [0.15, 0.2) is 20.0 Å². The van der Waals surface area contributed by atoms with Crippen LogP contribution in [0.3, 0.4) is 0 Å². The van der Waals surface area contributed by atoms with Gasteiger partial charge in [0.05, 0.1) is 17.7 Å². The zero-order valence-electron chi connectivity index (χ0n) is 13.0. The number of fused-ring (bicyclic) bond motifs is 1. The van der Waals surface area contributed by atoms with Gasteiger partial charge in [0.2, 0.25) is 0 Å². The SMILES string of the molecule is CCn1cnc(S(C)(=O)=O)c1CSc1nc2c(c(=O)[nH]1)CCC2. The van der Waals surface area contributed by atoms with Crippen LogP contribution in [0.5, 0.6) is 0 Å². The summed E-state index contributed by atoms with van der Waals surface area (Å²) in [4.78, 5) is 23.3. The number of nitrogens with one attached hydrogen (secondary N) is 1. The molecule has 0 bridgehead atoms. The summed E-state index contributed by atoms with van der Waals surface area (Å²) in [6, 6.07) is 0. The fourth-order valence-corrected chi connectivity index (χ4v) is 4.60. The largest absolute Gasteiger partial charge is 0.333 e. The molecule has 1 N–H and O–H groups in total. The molecule has 0 unspecified atom stereocenters. The number of hydrogen-bond donors (Lipinski definition) is 1. The van der Waals surface area contributed by atoms with Gasteiger partial charge in [0.1, 0.15) is 0 Å². The highest BCUT2D eigenvalue weighted by atomic mass is 32.2. The molecule has 0 amide bonds. The highest BCUT2D eigenvalue weighted by Crippen LogP contribution is 2.25. The Hall–Kier alpha value is -1.61. The van der Waals surface area contributed by atoms with Crippen molar-refractivity contribution in [2.24, 2.45) is 0 Å². The molecule has 2 heterocycles. The quantitative estimate of drug-likeness (QED) is 0.639. The van der Waals surface area contributed by atoms with E-state index >= 15 is 0 Å². The summed E-state index contributed by atoms with van der Waals surface area (Å²) in [5.41, 5.74) is 2.19. The zero-order chi connectivity index (χ0) is 16.6. The van der Waals surface area contributed by atoms with Crippen molar-refractivity contribution in [1.82, 2.24) is 19.5 Å². The first kappa shape index (κ1) is 16.3. The number of thioether (sulfide) groups is 1. The van der Waals surface area contributed by atoms with Crippen LogP contribution in [0, 0.1) is 0 Å². The molecule has 0 fully saturated rings. The van der Waals surface area contributed by atoms with E-state index in [1.807, 2.05) is 6.92 Å². The second kappa shape index (κ2) is 6.12. The Morgan fingerprint density at radius 2 is 2.17 bits per heavy atom. The molecule has 0 atom stereocenters. The number of H-pyrrole nitrogens is 1. The summed E-state index contributed by atoms with van der Waals surface area (Å²) in [7, 11) is -3.38. The van der Waals surface area contributed by atoms with E-state index in [1.165, 1.54) is 18.1 Å². The molecule has 1 aliphatic rings. The number of aromatic nitrogens is 4. The molecular weight excluding hydrogens is 336 g/mol. The first-order chi connectivity index (χ1) is 10.9. The van der Waals surface area contributed by atoms with Crippen LogP contribution in [0.25, 0.3) is 0 Å². The van der Waals surface area contributed by atoms with Crippen molar-refractivity contribution < 1.29 is 8.42 Å². The molecule has 9 heteroatoms. The lowest BCUT2D eigenvalue weighted by Crippen LogP contribution is -2.15. The van der Waals surface area contributed by atoms with Crippen LogP contribution in [-0.2, 0) is 35.0 Å². The summed E-state index contributed by atoms with van der Waals surface area (Å²) in [5, 5.41) is 0.620. The van der Waals surface area contributed by atoms with Gasteiger partial charge in [0, 0.05) is 24.1 Å². The predicted octanol–water partition coefficient (Wildman–Crippen LogP) is 1.17. The van der Waals surface area contributed by atoms with Crippen LogP contribution >= 0.6 is 11.8 Å². The Balaban J connectivity index is 1.88. The summed E-state index contributed by atoms with van der Waals surface area (Å²) in [5.74, 6) is 0.387. The second-order valence-corrected chi connectivity index (χ2v) is 8.39. The lowest BCUT2D eigenvalue weighted by atomic mass is 10.3. The third-order valence-corrected chi connectivity index (χ3v) is 5.79. The molecule has 7 nitrogen and oxygen atoms in total. The molecule has 2 aromatic rings. The molecule has 3 rings (SSSR count). The molecule has 0 aliphatic heterocycles. The van der Waals surface area contributed by atoms with Gasteiger partial charge in [-0.1, -0.05) is 11.8 Å². The van der Waals surface area contributed by atoms with Crippen LogP contribution in [0.15, 0.2) is 21.3 Å². The maximum Gasteiger partial charge on any atom is 0.254 e. The standard InChI is InChI=1S/C14H18N4O3S2/c1-3-18-8-15-13(23(2,20)21)11(18)7-22-14-16-10-6-4-5-9(10)12(19)17-14/h8H,3-7H2,1-2H3,(H,16,17,19). The second-order valence-electron chi connectivity index (χ2n) is 5.49. The minimum atomic E-state index is -3.38. The average Bonchev–Trinajstić information content (AvgIpc) is 3.10. The fraction of sp³-hybridized carbons (Fsp3) is 0.500. The Bertz CT molecular complexity index is 899. The zero-order valence-corrected chi connectivity index (χ0v) is 14.6. The molecule has 0 spiro atoms. The third-order valence-electron chi connectivity index (χ3n) is 3.87. The van der Waals surface area contributed by atoms with Crippen LogP contribution in [0.4, 0.5) is 0 Å². The van der Waals surface area contributed by atoms with Gasteiger partial charge in [-0.3, -0.25) is 4.79 Å². The highest BCUT2D eigenvalue weighted by molar-refractivity contribution is 7.98. The van der Waals surface area contributed by atoms with E-state index in [0.717, 1.165) is 36.8 Å². The predicted molar refractivity (Wildman–Crippen MR) is 87.5 cm³/mol. The molecular formula is C14H18N4O3S2. The van der Waals surface area contributed by atoms with Gasteiger partial charge in [-0.2, -0.15) is 0 Å². The topological polar surface area (TPSA) is 97.7 Å². The van der Waals surface area contributed by atoms with Crippen molar-refractivity contribution in [3.8, 4) is 0 Å². The van der Waals surface area contributed by atoms with Crippen LogP contribution in [0.2, 0.25) is 0 Å². The Labute approximate surface area is 138 Å². The van der Waals surface area contributed by atoms with E-state index in [0.29, 0.717) is 23.1 Å². The fourth-order valence-electron chi connectivity index (χ4n) is 2.74. The third kappa shape index (κ3) is 3.20. The van der Waals surface area contributed by atoms with E-state index in [9.17, 15) is 13.2 Å². The normalized spacial score (nSPS) is 14.2. The smallest absolute Gasteiger partial charge is 0.254 e. The summed E-state index contributed by atoms with van der Waals surface area (Å²) in [6.07, 6.45) is 5.25. The lowest BCUT2D eigenvalue weighted by Gasteiger charge is -2.07. The monoisotopic (exact) mass is 354 g/mol. The van der Waals surface area contributed by atoms with Crippen molar-refractivity contribution >= 4 is 21.6 Å². The van der Waals surface area contributed by atoms with Crippen molar-refractivity contribution in [3.63, 3.8) is 0 Å². The van der Waals surface area contributed by atoms with Gasteiger partial charge in [-0.15, -0.1) is 0 Å². The Kier molecular flexibility index (Phi) is 4.33. The number of sulfone groups is 1. The molecule has 0 aromatic carbocycles. The number of nitrogens with zero attached hydrogens (tertiary/aromatic N) is 3. The number of rotatable bonds is 5. The first-order valence-corrected chi connectivity index (χ1v) is 10.3. The van der Waals surface area contributed by atoms with Crippen molar-refractivity contribution in [2.75, 3.05) is 6.26 Å². The van der Waals surface area contributed by atoms with Crippen molar-refractivity contribution in [1.29, 1.82) is 0 Å². The lowest BCUT2D eigenvalue weighted by molar-refractivity contribution is 0.597. The van der Waals surface area contributed by atoms with E-state index in [4.69, 9.17) is 0 Å². The number of aromatic amines is 1. The van der Waals surface area contributed by atoms with Gasteiger partial charge >= 0.3 is 0 Å². The van der Waals surface area contributed by atoms with Crippen LogP contribution in [0.1, 0.15) is 30.3 Å². The summed E-state index contributed by atoms with van der Waals surface area (Å²) < 4.78 is 25.5.